The van der Waals surface area contributed by atoms with E-state index in [2.05, 4.69) is 30.4 Å². The molecule has 2 atom stereocenters. The van der Waals surface area contributed by atoms with E-state index in [4.69, 9.17) is 16.3 Å². The van der Waals surface area contributed by atoms with Gasteiger partial charge in [0, 0.05) is 24.2 Å². The number of nitrogens with one attached hydrogen (secondary N) is 1. The highest BCUT2D eigenvalue weighted by molar-refractivity contribution is 6.30. The van der Waals surface area contributed by atoms with Crippen LogP contribution in [0.5, 0.6) is 5.75 Å². The third-order valence-corrected chi connectivity index (χ3v) is 5.06. The van der Waals surface area contributed by atoms with Crippen molar-refractivity contribution in [3.8, 4) is 5.75 Å². The van der Waals surface area contributed by atoms with Crippen molar-refractivity contribution >= 4 is 17.5 Å². The minimum Gasteiger partial charge on any atom is -0.481 e. The fraction of sp³-hybridized carbons (Fsp3) is 0.409. The maximum atomic E-state index is 13.1. The van der Waals surface area contributed by atoms with Crippen LogP contribution in [-0.2, 0) is 11.3 Å². The van der Waals surface area contributed by atoms with Gasteiger partial charge in [-0.1, -0.05) is 47.5 Å². The van der Waals surface area contributed by atoms with Crippen molar-refractivity contribution in [2.75, 3.05) is 13.1 Å². The third kappa shape index (κ3) is 5.72. The van der Waals surface area contributed by atoms with Gasteiger partial charge in [0.25, 0.3) is 5.91 Å². The lowest BCUT2D eigenvalue weighted by molar-refractivity contribution is -0.139. The monoisotopic (exact) mass is 386 g/mol. The zero-order chi connectivity index (χ0) is 19.2. The highest BCUT2D eigenvalue weighted by Crippen LogP contribution is 2.20. The number of carbonyl (C=O) groups is 1. The molecule has 1 aliphatic rings. The summed E-state index contributed by atoms with van der Waals surface area (Å²) >= 11 is 6.02. The van der Waals surface area contributed by atoms with Crippen molar-refractivity contribution in [3.05, 3.63) is 64.7 Å². The molecule has 4 nitrogen and oxygen atoms in total. The van der Waals surface area contributed by atoms with Gasteiger partial charge in [0.2, 0.25) is 0 Å². The maximum Gasteiger partial charge on any atom is 0.263 e. The van der Waals surface area contributed by atoms with Crippen LogP contribution in [-0.4, -0.2) is 36.0 Å². The molecule has 1 aliphatic heterocycles. The van der Waals surface area contributed by atoms with E-state index < -0.39 is 6.10 Å². The first-order valence-electron chi connectivity index (χ1n) is 9.51. The Bertz CT molecular complexity index is 774. The van der Waals surface area contributed by atoms with Crippen LogP contribution in [0.3, 0.4) is 0 Å². The van der Waals surface area contributed by atoms with E-state index in [0.29, 0.717) is 29.9 Å². The molecule has 0 spiro atoms. The second-order valence-electron chi connectivity index (χ2n) is 7.22. The van der Waals surface area contributed by atoms with E-state index in [1.807, 2.05) is 23.1 Å². The minimum atomic E-state index is -0.574. The fourth-order valence-corrected chi connectivity index (χ4v) is 3.67. The van der Waals surface area contributed by atoms with Crippen molar-refractivity contribution in [1.82, 2.24) is 10.2 Å². The van der Waals surface area contributed by atoms with Crippen LogP contribution in [0.1, 0.15) is 30.9 Å². The SMILES string of the molecule is Cc1cccc(CN(CC2CCCN2)C(=O)C(C)Oc2cccc(Cl)c2)c1. The molecule has 27 heavy (non-hydrogen) atoms. The molecule has 3 rings (SSSR count). The molecule has 2 aromatic carbocycles. The molecule has 5 heteroatoms. The number of nitrogens with zero attached hydrogens (tertiary/aromatic N) is 1. The molecule has 0 aromatic heterocycles. The molecule has 1 fully saturated rings. The Morgan fingerprint density at radius 3 is 2.81 bits per heavy atom. The second-order valence-corrected chi connectivity index (χ2v) is 7.65. The summed E-state index contributed by atoms with van der Waals surface area (Å²) in [4.78, 5) is 15.1. The number of carbonyl (C=O) groups excluding carboxylic acids is 1. The van der Waals surface area contributed by atoms with Crippen molar-refractivity contribution in [1.29, 1.82) is 0 Å². The number of hydrogen-bond donors (Lipinski definition) is 1. The Morgan fingerprint density at radius 1 is 1.30 bits per heavy atom. The minimum absolute atomic E-state index is 0.00909. The second kappa shape index (κ2) is 9.25. The van der Waals surface area contributed by atoms with Gasteiger partial charge in [-0.05, 0) is 57.0 Å². The Morgan fingerprint density at radius 2 is 2.11 bits per heavy atom. The number of ether oxygens (including phenoxy) is 1. The lowest BCUT2D eigenvalue weighted by Gasteiger charge is -2.29. The molecular formula is C22H27ClN2O2. The average Bonchev–Trinajstić information content (AvgIpc) is 3.14. The van der Waals surface area contributed by atoms with Crippen molar-refractivity contribution in [2.45, 2.75) is 45.4 Å². The van der Waals surface area contributed by atoms with E-state index in [0.717, 1.165) is 24.9 Å². The molecule has 0 bridgehead atoms. The molecule has 2 unspecified atom stereocenters. The van der Waals surface area contributed by atoms with Crippen LogP contribution >= 0.6 is 11.6 Å². The van der Waals surface area contributed by atoms with Crippen LogP contribution in [0, 0.1) is 6.92 Å². The number of aryl methyl sites for hydroxylation is 1. The predicted molar refractivity (Wildman–Crippen MR) is 109 cm³/mol. The lowest BCUT2D eigenvalue weighted by atomic mass is 10.1. The van der Waals surface area contributed by atoms with Gasteiger partial charge in [-0.3, -0.25) is 4.79 Å². The largest absolute Gasteiger partial charge is 0.481 e. The summed E-state index contributed by atoms with van der Waals surface area (Å²) in [6.45, 7) is 6.16. The van der Waals surface area contributed by atoms with Crippen LogP contribution < -0.4 is 10.1 Å². The molecule has 0 aliphatic carbocycles. The molecule has 0 saturated carbocycles. The van der Waals surface area contributed by atoms with Crippen LogP contribution in [0.25, 0.3) is 0 Å². The number of amides is 1. The Kier molecular flexibility index (Phi) is 6.75. The predicted octanol–water partition coefficient (Wildman–Crippen LogP) is 4.20. The highest BCUT2D eigenvalue weighted by atomic mass is 35.5. The van der Waals surface area contributed by atoms with E-state index in [1.165, 1.54) is 5.56 Å². The molecule has 1 saturated heterocycles. The summed E-state index contributed by atoms with van der Waals surface area (Å²) in [5, 5.41) is 4.08. The molecule has 1 amide bonds. The standard InChI is InChI=1S/C22H27ClN2O2/c1-16-6-3-7-18(12-16)14-25(15-20-9-5-11-24-20)22(26)17(2)27-21-10-4-8-19(23)13-21/h3-4,6-8,10,12-13,17,20,24H,5,9,11,14-15H2,1-2H3. The maximum absolute atomic E-state index is 13.1. The van der Waals surface area contributed by atoms with E-state index >= 15 is 0 Å². The van der Waals surface area contributed by atoms with Gasteiger partial charge in [0.1, 0.15) is 5.75 Å². The van der Waals surface area contributed by atoms with E-state index in [9.17, 15) is 4.79 Å². The Labute approximate surface area is 166 Å². The van der Waals surface area contributed by atoms with Gasteiger partial charge >= 0.3 is 0 Å². The first-order valence-corrected chi connectivity index (χ1v) is 9.89. The number of hydrogen-bond acceptors (Lipinski definition) is 3. The lowest BCUT2D eigenvalue weighted by Crippen LogP contribution is -2.45. The van der Waals surface area contributed by atoms with Gasteiger partial charge in [-0.2, -0.15) is 0 Å². The zero-order valence-corrected chi connectivity index (χ0v) is 16.7. The summed E-state index contributed by atoms with van der Waals surface area (Å²) in [6.07, 6.45) is 1.68. The van der Waals surface area contributed by atoms with Gasteiger partial charge in [0.15, 0.2) is 6.10 Å². The first kappa shape index (κ1) is 19.7. The normalized spacial score (nSPS) is 17.5. The molecule has 1 heterocycles. The molecule has 2 aromatic rings. The molecule has 144 valence electrons. The summed E-state index contributed by atoms with van der Waals surface area (Å²) in [5.74, 6) is 0.600. The van der Waals surface area contributed by atoms with Crippen molar-refractivity contribution in [2.24, 2.45) is 0 Å². The van der Waals surface area contributed by atoms with Crippen molar-refractivity contribution in [3.63, 3.8) is 0 Å². The van der Waals surface area contributed by atoms with Crippen LogP contribution in [0.15, 0.2) is 48.5 Å². The summed E-state index contributed by atoms with van der Waals surface area (Å²) in [5.41, 5.74) is 2.33. The fourth-order valence-electron chi connectivity index (χ4n) is 3.49. The summed E-state index contributed by atoms with van der Waals surface area (Å²) in [7, 11) is 0. The molecular weight excluding hydrogens is 360 g/mol. The topological polar surface area (TPSA) is 41.6 Å². The third-order valence-electron chi connectivity index (χ3n) is 4.83. The van der Waals surface area contributed by atoms with Gasteiger partial charge < -0.3 is 15.0 Å². The summed E-state index contributed by atoms with van der Waals surface area (Å²) in [6, 6.07) is 15.8. The van der Waals surface area contributed by atoms with Crippen molar-refractivity contribution < 1.29 is 9.53 Å². The average molecular weight is 387 g/mol. The van der Waals surface area contributed by atoms with Gasteiger partial charge in [-0.15, -0.1) is 0 Å². The Balaban J connectivity index is 1.72. The van der Waals surface area contributed by atoms with Crippen LogP contribution in [0.4, 0.5) is 0 Å². The van der Waals surface area contributed by atoms with Crippen LogP contribution in [0.2, 0.25) is 5.02 Å². The van der Waals surface area contributed by atoms with Gasteiger partial charge in [-0.25, -0.2) is 0 Å². The first-order chi connectivity index (χ1) is 13.0. The Hall–Kier alpha value is -2.04. The zero-order valence-electron chi connectivity index (χ0n) is 16.0. The molecule has 0 radical (unpaired) electrons. The number of halogens is 1. The highest BCUT2D eigenvalue weighted by Gasteiger charge is 2.26. The van der Waals surface area contributed by atoms with E-state index in [-0.39, 0.29) is 5.91 Å². The smallest absolute Gasteiger partial charge is 0.263 e. The quantitative estimate of drug-likeness (QED) is 0.775. The number of rotatable bonds is 7. The number of benzene rings is 2. The van der Waals surface area contributed by atoms with E-state index in [1.54, 1.807) is 19.1 Å². The molecule has 1 N–H and O–H groups in total. The summed E-state index contributed by atoms with van der Waals surface area (Å²) < 4.78 is 5.87. The van der Waals surface area contributed by atoms with Gasteiger partial charge in [0.05, 0.1) is 0 Å².